The lowest BCUT2D eigenvalue weighted by molar-refractivity contribution is -0.135. The van der Waals surface area contributed by atoms with Gasteiger partial charge < -0.3 is 75.0 Å². The average Bonchev–Trinajstić information content (AvgIpc) is 3.33. The third-order valence-electron chi connectivity index (χ3n) is 11.4. The van der Waals surface area contributed by atoms with Crippen molar-refractivity contribution in [2.75, 3.05) is 19.6 Å². The highest BCUT2D eigenvalue weighted by atomic mass is 16.3. The second-order valence-corrected chi connectivity index (χ2v) is 18.9. The summed E-state index contributed by atoms with van der Waals surface area (Å²) < 4.78 is 0. The van der Waals surface area contributed by atoms with Gasteiger partial charge in [-0.15, -0.1) is 0 Å². The van der Waals surface area contributed by atoms with Crippen LogP contribution in [0.5, 0.6) is 5.75 Å². The van der Waals surface area contributed by atoms with Crippen molar-refractivity contribution < 1.29 is 57.8 Å². The first-order chi connectivity index (χ1) is 34.5. The van der Waals surface area contributed by atoms with Crippen LogP contribution in [0, 0.1) is 11.8 Å². The predicted octanol–water partition coefficient (Wildman–Crippen LogP) is -1.81. The molecule has 1 aromatic carbocycles. The van der Waals surface area contributed by atoms with Crippen LogP contribution in [0.3, 0.4) is 0 Å². The summed E-state index contributed by atoms with van der Waals surface area (Å²) in [7, 11) is 0. The number of phenols is 1. The van der Waals surface area contributed by atoms with Gasteiger partial charge in [-0.3, -0.25) is 47.9 Å². The first kappa shape index (κ1) is 64.3. The lowest BCUT2D eigenvalue weighted by Crippen LogP contribution is -2.59. The fraction of sp³-hybridized carbons (Fsp3) is 0.653. The molecule has 0 saturated heterocycles. The van der Waals surface area contributed by atoms with Crippen molar-refractivity contribution in [3.63, 3.8) is 0 Å². The summed E-state index contributed by atoms with van der Waals surface area (Å²) in [5.41, 5.74) is 17.4. The summed E-state index contributed by atoms with van der Waals surface area (Å²) in [6.07, 6.45) is 2.80. The largest absolute Gasteiger partial charge is 0.508 e. The van der Waals surface area contributed by atoms with Crippen LogP contribution in [-0.4, -0.2) is 138 Å². The van der Waals surface area contributed by atoms with Gasteiger partial charge in [0.2, 0.25) is 59.1 Å². The smallest absolute Gasteiger partial charge is 0.243 e. The standard InChI is InChI=1S/C49H82N12O12/c1-8-40(64)54-31(7)44(68)59-37(24-28(2)3)47(71)58-36(15-10-12-22-51)45(69)55-30(6)43(67)53-27-41(65)56-35(16-13-23-62)46(70)60-38(25-29(4)5)48(72)61-39(26-32-17-19-33(63)20-18-32)49(73)57-34(42(52)66)14-9-11-21-50/h17-20,23,28-31,34-39,63H,8-16,21-22,24-27,50-51H2,1-7H3,(H2,52,66)(H,53,67)(H,54,64)(H,55,69)(H,56,65)(H,57,73)(H,58,71)(H,59,68)(H,60,70)(H,61,72)/t30-,31-,34-,35-,36-,37-,38-,39-/m0/s1. The molecule has 1 rings (SSSR count). The molecular formula is C49H82N12O12. The zero-order chi connectivity index (χ0) is 55.2. The molecule has 24 nitrogen and oxygen atoms in total. The summed E-state index contributed by atoms with van der Waals surface area (Å²) in [6, 6.07) is -3.55. The molecule has 0 heterocycles. The van der Waals surface area contributed by atoms with Gasteiger partial charge in [0.05, 0.1) is 6.54 Å². The summed E-state index contributed by atoms with van der Waals surface area (Å²) in [5.74, 6) is -7.48. The zero-order valence-corrected chi connectivity index (χ0v) is 43.4. The van der Waals surface area contributed by atoms with Gasteiger partial charge in [0.25, 0.3) is 0 Å². The van der Waals surface area contributed by atoms with Crippen LogP contribution < -0.4 is 65.1 Å². The number of nitrogens with one attached hydrogen (secondary N) is 9. The highest BCUT2D eigenvalue weighted by Crippen LogP contribution is 2.14. The van der Waals surface area contributed by atoms with E-state index in [4.69, 9.17) is 17.2 Å². The predicted molar refractivity (Wildman–Crippen MR) is 271 cm³/mol. The summed E-state index contributed by atoms with van der Waals surface area (Å²) in [6.45, 7) is 11.7. The van der Waals surface area contributed by atoms with Crippen LogP contribution in [0.1, 0.15) is 125 Å². The number of carbonyl (C=O) groups excluding carboxylic acids is 11. The van der Waals surface area contributed by atoms with Crippen molar-refractivity contribution in [2.24, 2.45) is 29.0 Å². The van der Waals surface area contributed by atoms with E-state index in [9.17, 15) is 57.8 Å². The number of unbranched alkanes of at least 4 members (excludes halogenated alkanes) is 2. The van der Waals surface area contributed by atoms with Crippen LogP contribution in [0.25, 0.3) is 0 Å². The molecule has 0 aromatic heterocycles. The van der Waals surface area contributed by atoms with Crippen molar-refractivity contribution >= 4 is 65.4 Å². The molecule has 0 bridgehead atoms. The molecule has 73 heavy (non-hydrogen) atoms. The number of aromatic hydroxyl groups is 1. The Kier molecular flexibility index (Phi) is 30.5. The molecule has 10 amide bonds. The van der Waals surface area contributed by atoms with Crippen molar-refractivity contribution in [3.05, 3.63) is 29.8 Å². The Bertz CT molecular complexity index is 1990. The number of amides is 10. The summed E-state index contributed by atoms with van der Waals surface area (Å²) in [4.78, 5) is 144. The van der Waals surface area contributed by atoms with E-state index in [0.29, 0.717) is 50.6 Å². The first-order valence-corrected chi connectivity index (χ1v) is 25.1. The fourth-order valence-electron chi connectivity index (χ4n) is 7.27. The molecule has 0 aliphatic rings. The number of benzene rings is 1. The van der Waals surface area contributed by atoms with E-state index in [1.165, 1.54) is 26.0 Å². The van der Waals surface area contributed by atoms with Gasteiger partial charge >= 0.3 is 0 Å². The molecule has 410 valence electrons. The molecule has 0 saturated carbocycles. The minimum Gasteiger partial charge on any atom is -0.508 e. The molecule has 1 aromatic rings. The van der Waals surface area contributed by atoms with Crippen LogP contribution in [0.2, 0.25) is 0 Å². The van der Waals surface area contributed by atoms with Gasteiger partial charge in [-0.05, 0) is 114 Å². The second kappa shape index (κ2) is 34.6. The van der Waals surface area contributed by atoms with E-state index in [1.807, 2.05) is 13.8 Å². The third kappa shape index (κ3) is 26.0. The van der Waals surface area contributed by atoms with Crippen LogP contribution in [0.4, 0.5) is 0 Å². The number of aldehydes is 1. The van der Waals surface area contributed by atoms with Crippen LogP contribution in [-0.2, 0) is 59.2 Å². The zero-order valence-electron chi connectivity index (χ0n) is 43.4. The van der Waals surface area contributed by atoms with Gasteiger partial charge in [0, 0.05) is 19.3 Å². The van der Waals surface area contributed by atoms with Crippen molar-refractivity contribution in [1.82, 2.24) is 47.9 Å². The SMILES string of the molecule is CCC(=O)N[C@@H](C)C(=O)N[C@@H](CC(C)C)C(=O)N[C@@H](CCCCN)C(=O)N[C@@H](C)C(=O)NCC(=O)N[C@@H](CCC=O)C(=O)N[C@@H](CC(C)C)C(=O)N[C@@H](Cc1ccc(O)cc1)C(=O)N[C@@H](CCCCN)C(N)=O. The highest BCUT2D eigenvalue weighted by molar-refractivity contribution is 5.98. The maximum atomic E-state index is 14.0. The number of hydrogen-bond donors (Lipinski definition) is 13. The Labute approximate surface area is 428 Å². The van der Waals surface area contributed by atoms with E-state index in [0.717, 1.165) is 0 Å². The first-order valence-electron chi connectivity index (χ1n) is 25.1. The van der Waals surface area contributed by atoms with Gasteiger partial charge in [0.1, 0.15) is 60.4 Å². The van der Waals surface area contributed by atoms with Gasteiger partial charge in [-0.2, -0.15) is 0 Å². The van der Waals surface area contributed by atoms with Crippen molar-refractivity contribution in [2.45, 2.75) is 174 Å². The Balaban J connectivity index is 3.17. The second-order valence-electron chi connectivity index (χ2n) is 18.9. The maximum Gasteiger partial charge on any atom is 0.243 e. The topological polar surface area (TPSA) is 394 Å². The van der Waals surface area contributed by atoms with Gasteiger partial charge in [0.15, 0.2) is 0 Å². The Morgan fingerprint density at radius 1 is 0.521 bits per heavy atom. The number of phenolic OH excluding ortho intramolecular Hbond substituents is 1. The molecule has 8 atom stereocenters. The minimum absolute atomic E-state index is 0.0360. The van der Waals surface area contributed by atoms with Gasteiger partial charge in [-0.1, -0.05) is 46.8 Å². The highest BCUT2D eigenvalue weighted by Gasteiger charge is 2.33. The molecule has 0 aliphatic carbocycles. The van der Waals surface area contributed by atoms with Crippen LogP contribution in [0.15, 0.2) is 24.3 Å². The molecule has 0 unspecified atom stereocenters. The number of hydrogen-bond acceptors (Lipinski definition) is 14. The minimum atomic E-state index is -1.38. The number of nitrogens with two attached hydrogens (primary N) is 3. The molecule has 0 spiro atoms. The Hall–Kier alpha value is -6.69. The van der Waals surface area contributed by atoms with Crippen molar-refractivity contribution in [1.29, 1.82) is 0 Å². The van der Waals surface area contributed by atoms with E-state index < -0.39 is 108 Å². The van der Waals surface area contributed by atoms with E-state index in [-0.39, 0.29) is 74.9 Å². The van der Waals surface area contributed by atoms with Crippen LogP contribution >= 0.6 is 0 Å². The summed E-state index contributed by atoms with van der Waals surface area (Å²) >= 11 is 0. The van der Waals surface area contributed by atoms with Gasteiger partial charge in [-0.25, -0.2) is 0 Å². The Morgan fingerprint density at radius 2 is 0.959 bits per heavy atom. The molecule has 0 fully saturated rings. The third-order valence-corrected chi connectivity index (χ3v) is 11.4. The van der Waals surface area contributed by atoms with E-state index in [2.05, 4.69) is 47.9 Å². The lowest BCUT2D eigenvalue weighted by Gasteiger charge is -2.27. The van der Waals surface area contributed by atoms with E-state index in [1.54, 1.807) is 32.9 Å². The number of primary amides is 1. The molecule has 0 aliphatic heterocycles. The fourth-order valence-corrected chi connectivity index (χ4v) is 7.27. The molecular weight excluding hydrogens is 949 g/mol. The summed E-state index contributed by atoms with van der Waals surface area (Å²) in [5, 5.41) is 32.9. The average molecular weight is 1030 g/mol. The molecule has 16 N–H and O–H groups in total. The lowest BCUT2D eigenvalue weighted by atomic mass is 10.00. The molecule has 0 radical (unpaired) electrons. The quantitative estimate of drug-likeness (QED) is 0.0261. The normalized spacial score (nSPS) is 14.3. The number of rotatable bonds is 36. The number of carbonyl (C=O) groups is 11. The van der Waals surface area contributed by atoms with Crippen molar-refractivity contribution in [3.8, 4) is 5.75 Å². The molecule has 24 heteroatoms. The Morgan fingerprint density at radius 3 is 1.47 bits per heavy atom. The monoisotopic (exact) mass is 1030 g/mol. The van der Waals surface area contributed by atoms with E-state index >= 15 is 0 Å². The maximum absolute atomic E-state index is 14.0.